The SMILES string of the molecule is BC(B)(I)C(C)(C)COc1cc(OCC(C)(C)C(C)(F)I)cc(-c2ccc(-c3ccc(-c4cc(OCC(C)(P)C(C)(F)C(C)(F)P)cc(OCC(P)(P)C(F)(F)C(C)(C)C)c4)cc3)cc2)c1. The summed E-state index contributed by atoms with van der Waals surface area (Å²) in [7, 11) is 13.1. The fourth-order valence-corrected chi connectivity index (χ4v) is 8.47. The van der Waals surface area contributed by atoms with E-state index in [4.69, 9.17) is 18.9 Å². The zero-order chi connectivity index (χ0) is 50.3. The lowest BCUT2D eigenvalue weighted by Gasteiger charge is -2.43. The summed E-state index contributed by atoms with van der Waals surface area (Å²) in [4.78, 5) is -1.70. The van der Waals surface area contributed by atoms with E-state index in [1.807, 2.05) is 112 Å². The minimum absolute atomic E-state index is 0.0301. The molecule has 0 heterocycles. The van der Waals surface area contributed by atoms with Crippen LogP contribution in [0, 0.1) is 16.2 Å². The molecule has 0 saturated heterocycles. The minimum Gasteiger partial charge on any atom is -0.493 e. The maximum absolute atomic E-state index is 15.9. The maximum atomic E-state index is 15.9. The second kappa shape index (κ2) is 20.6. The number of hydrogen-bond acceptors (Lipinski definition) is 4. The molecule has 0 radical (unpaired) electrons. The predicted molar refractivity (Wildman–Crippen MR) is 303 cm³/mol. The highest BCUT2D eigenvalue weighted by molar-refractivity contribution is 14.1. The molecule has 0 saturated carbocycles. The molecule has 0 aliphatic rings. The van der Waals surface area contributed by atoms with Gasteiger partial charge >= 0.3 is 0 Å². The summed E-state index contributed by atoms with van der Waals surface area (Å²) in [6.07, 6.45) is 0. The Balaban J connectivity index is 1.67. The first kappa shape index (κ1) is 57.6. The molecule has 0 aromatic heterocycles. The van der Waals surface area contributed by atoms with Crippen molar-refractivity contribution in [1.29, 1.82) is 0 Å². The molecule has 362 valence electrons. The highest BCUT2D eigenvalue weighted by Crippen LogP contribution is 2.53. The van der Waals surface area contributed by atoms with Crippen LogP contribution in [0.3, 0.4) is 0 Å². The second-order valence-electron chi connectivity index (χ2n) is 21.2. The minimum atomic E-state index is -3.14. The van der Waals surface area contributed by atoms with Gasteiger partial charge in [0.25, 0.3) is 5.92 Å². The Morgan fingerprint density at radius 2 is 0.758 bits per heavy atom. The molecule has 0 amide bonds. The van der Waals surface area contributed by atoms with Crippen LogP contribution in [0.4, 0.5) is 22.0 Å². The van der Waals surface area contributed by atoms with Crippen molar-refractivity contribution in [1.82, 2.24) is 0 Å². The Labute approximate surface area is 429 Å². The first-order valence-electron chi connectivity index (χ1n) is 21.7. The van der Waals surface area contributed by atoms with Gasteiger partial charge in [-0.05, 0) is 117 Å². The molecule has 4 aromatic carbocycles. The number of alkyl halides is 7. The van der Waals surface area contributed by atoms with Crippen LogP contribution in [-0.2, 0) is 0 Å². The van der Waals surface area contributed by atoms with Gasteiger partial charge in [0.05, 0.1) is 23.3 Å². The molecular formula is C49H67B2F5I2O4P4. The summed E-state index contributed by atoms with van der Waals surface area (Å²) in [5.41, 5.74) is 0.634. The Hall–Kier alpha value is -0.960. The Kier molecular flexibility index (Phi) is 18.0. The van der Waals surface area contributed by atoms with Crippen molar-refractivity contribution >= 4 is 97.8 Å². The summed E-state index contributed by atoms with van der Waals surface area (Å²) >= 11 is 4.27. The lowest BCUT2D eigenvalue weighted by Crippen LogP contribution is -2.55. The largest absolute Gasteiger partial charge is 0.493 e. The highest BCUT2D eigenvalue weighted by Gasteiger charge is 2.56. The quantitative estimate of drug-likeness (QED) is 0.0291. The van der Waals surface area contributed by atoms with E-state index < -0.39 is 41.6 Å². The van der Waals surface area contributed by atoms with Crippen molar-refractivity contribution in [3.05, 3.63) is 84.9 Å². The summed E-state index contributed by atoms with van der Waals surface area (Å²) in [5.74, 6) is -1.33. The van der Waals surface area contributed by atoms with Crippen LogP contribution in [0.2, 0.25) is 0 Å². The van der Waals surface area contributed by atoms with Crippen molar-refractivity contribution in [2.75, 3.05) is 26.4 Å². The molecular weight excluding hydrogens is 1150 g/mol. The summed E-state index contributed by atoms with van der Waals surface area (Å²) < 4.78 is 100. The fraction of sp³-hybridized carbons (Fsp3) is 0.510. The fourth-order valence-electron chi connectivity index (χ4n) is 6.26. The summed E-state index contributed by atoms with van der Waals surface area (Å²) in [5, 5.41) is -3.60. The molecule has 0 aliphatic carbocycles. The predicted octanol–water partition coefficient (Wildman–Crippen LogP) is 13.8. The Morgan fingerprint density at radius 1 is 0.455 bits per heavy atom. The summed E-state index contributed by atoms with van der Waals surface area (Å²) in [6.45, 7) is 18.0. The van der Waals surface area contributed by atoms with Crippen molar-refractivity contribution in [2.24, 2.45) is 16.2 Å². The van der Waals surface area contributed by atoms with Gasteiger partial charge in [-0.3, -0.25) is 0 Å². The van der Waals surface area contributed by atoms with Crippen LogP contribution in [0.15, 0.2) is 84.9 Å². The zero-order valence-electron chi connectivity index (χ0n) is 40.5. The maximum Gasteiger partial charge on any atom is 0.268 e. The number of rotatable bonds is 20. The van der Waals surface area contributed by atoms with Crippen LogP contribution >= 0.6 is 82.1 Å². The molecule has 8 unspecified atom stereocenters. The van der Waals surface area contributed by atoms with Crippen LogP contribution in [-0.4, -0.2) is 76.1 Å². The molecule has 0 N–H and O–H groups in total. The second-order valence-corrected chi connectivity index (χ2v) is 31.0. The van der Waals surface area contributed by atoms with Gasteiger partial charge in [0.1, 0.15) is 51.9 Å². The molecule has 0 aliphatic heterocycles. The van der Waals surface area contributed by atoms with Crippen LogP contribution < -0.4 is 18.9 Å². The standard InChI is InChI=1S/C49H67B2F5I2O4P4/c1-40(2,3)48(55,56)47(65,66)29-62-39-23-35(22-38(25-39)61-28-43(8,63)44(9,52)46(11,54)64)33-18-14-31(15-19-33)30-12-16-32(17-13-30)34-20-36(59-26-41(4,5)45(10,53)57)24-37(21-34)60-27-42(6,7)49(50,51)58/h12-25H,26-29,50-51,63-66H2,1-11H3. The van der Waals surface area contributed by atoms with Crippen molar-refractivity contribution in [3.8, 4) is 56.4 Å². The Morgan fingerprint density at radius 3 is 1.06 bits per heavy atom. The monoisotopic (exact) mass is 1210 g/mol. The molecule has 0 fully saturated rings. The van der Waals surface area contributed by atoms with Gasteiger partial charge in [-0.1, -0.05) is 129 Å². The van der Waals surface area contributed by atoms with Gasteiger partial charge in [0, 0.05) is 23.0 Å². The third-order valence-electron chi connectivity index (χ3n) is 13.1. The van der Waals surface area contributed by atoms with E-state index in [1.54, 1.807) is 32.0 Å². The third kappa shape index (κ3) is 13.7. The third-order valence-corrected chi connectivity index (χ3v) is 18.3. The number of halogens is 7. The summed E-state index contributed by atoms with van der Waals surface area (Å²) in [6, 6.07) is 26.9. The van der Waals surface area contributed by atoms with Gasteiger partial charge < -0.3 is 18.9 Å². The van der Waals surface area contributed by atoms with Crippen molar-refractivity contribution in [2.45, 2.75) is 110 Å². The topological polar surface area (TPSA) is 36.9 Å². The van der Waals surface area contributed by atoms with Gasteiger partial charge in [0.2, 0.25) is 0 Å². The molecule has 0 spiro atoms. The van der Waals surface area contributed by atoms with Gasteiger partial charge in [-0.25, -0.2) is 22.0 Å². The van der Waals surface area contributed by atoms with Crippen molar-refractivity contribution < 1.29 is 40.9 Å². The van der Waals surface area contributed by atoms with E-state index in [0.29, 0.717) is 29.4 Å². The molecule has 4 nitrogen and oxygen atoms in total. The van der Waals surface area contributed by atoms with Gasteiger partial charge in [-0.2, -0.15) is 0 Å². The van der Waals surface area contributed by atoms with E-state index in [9.17, 15) is 0 Å². The normalized spacial score (nSPS) is 16.9. The average molecular weight is 1210 g/mol. The van der Waals surface area contributed by atoms with E-state index in [0.717, 1.165) is 34.7 Å². The molecule has 66 heavy (non-hydrogen) atoms. The Bertz CT molecular complexity index is 2180. The molecule has 4 rings (SSSR count). The van der Waals surface area contributed by atoms with Crippen LogP contribution in [0.5, 0.6) is 23.0 Å². The number of ether oxygens (including phenoxy) is 4. The van der Waals surface area contributed by atoms with Crippen LogP contribution in [0.1, 0.15) is 76.2 Å². The zero-order valence-corrected chi connectivity index (χ0v) is 49.4. The smallest absolute Gasteiger partial charge is 0.268 e. The van der Waals surface area contributed by atoms with Gasteiger partial charge in [0.15, 0.2) is 14.8 Å². The van der Waals surface area contributed by atoms with Crippen LogP contribution in [0.25, 0.3) is 33.4 Å². The van der Waals surface area contributed by atoms with E-state index in [2.05, 4.69) is 79.9 Å². The molecule has 8 atom stereocenters. The molecule has 4 aromatic rings. The number of hydrogen-bond donors (Lipinski definition) is 0. The van der Waals surface area contributed by atoms with E-state index in [-0.39, 0.29) is 34.2 Å². The first-order chi connectivity index (χ1) is 29.7. The molecule has 17 heteroatoms. The first-order valence-corrected chi connectivity index (χ1v) is 26.2. The van der Waals surface area contributed by atoms with Crippen molar-refractivity contribution in [3.63, 3.8) is 0 Å². The van der Waals surface area contributed by atoms with E-state index in [1.165, 1.54) is 27.7 Å². The van der Waals surface area contributed by atoms with E-state index >= 15 is 22.0 Å². The molecule has 0 bridgehead atoms. The van der Waals surface area contributed by atoms with Gasteiger partial charge in [-0.15, -0.1) is 27.7 Å². The lowest BCUT2D eigenvalue weighted by atomic mass is 9.56. The average Bonchev–Trinajstić information content (AvgIpc) is 3.19. The highest BCUT2D eigenvalue weighted by atomic mass is 127. The number of benzene rings is 4. The lowest BCUT2D eigenvalue weighted by molar-refractivity contribution is -0.112.